The third kappa shape index (κ3) is 6.54. The summed E-state index contributed by atoms with van der Waals surface area (Å²) in [6, 6.07) is 2.09. The van der Waals surface area contributed by atoms with E-state index >= 15 is 0 Å². The minimum atomic E-state index is 0.393. The zero-order valence-electron chi connectivity index (χ0n) is 10.1. The van der Waals surface area contributed by atoms with Crippen molar-refractivity contribution < 1.29 is 0 Å². The highest BCUT2D eigenvalue weighted by Crippen LogP contribution is 2.23. The number of allylic oxidation sites excluding steroid dienone is 2. The van der Waals surface area contributed by atoms with E-state index in [1.165, 1.54) is 6.42 Å². The third-order valence-electron chi connectivity index (χ3n) is 2.17. The van der Waals surface area contributed by atoms with Crippen molar-refractivity contribution in [3.63, 3.8) is 0 Å². The Bertz CT molecular complexity index is 226. The number of nitrogens with zero attached hydrogens (tertiary/aromatic N) is 2. The lowest BCUT2D eigenvalue weighted by Gasteiger charge is -2.20. The van der Waals surface area contributed by atoms with Crippen LogP contribution in [-0.2, 0) is 0 Å². The zero-order valence-corrected chi connectivity index (χ0v) is 10.1. The van der Waals surface area contributed by atoms with Crippen LogP contribution < -0.4 is 0 Å². The van der Waals surface area contributed by atoms with Crippen LogP contribution in [0.15, 0.2) is 11.8 Å². The van der Waals surface area contributed by atoms with Crippen molar-refractivity contribution in [2.75, 3.05) is 14.1 Å². The van der Waals surface area contributed by atoms with Crippen LogP contribution in [0.4, 0.5) is 0 Å². The molecule has 0 bridgehead atoms. The molecule has 0 aromatic carbocycles. The summed E-state index contributed by atoms with van der Waals surface area (Å²) >= 11 is 0. The van der Waals surface area contributed by atoms with E-state index in [9.17, 15) is 0 Å². The average Bonchev–Trinajstić information content (AvgIpc) is 2.00. The fourth-order valence-corrected chi connectivity index (χ4v) is 1.30. The molecule has 0 aromatic heterocycles. The van der Waals surface area contributed by atoms with Gasteiger partial charge in [0.05, 0.1) is 6.07 Å². The second kappa shape index (κ2) is 5.70. The van der Waals surface area contributed by atoms with Crippen LogP contribution in [0.1, 0.15) is 40.0 Å². The molecule has 0 radical (unpaired) electrons. The van der Waals surface area contributed by atoms with E-state index in [4.69, 9.17) is 5.26 Å². The molecule has 0 aliphatic carbocycles. The van der Waals surface area contributed by atoms with Crippen LogP contribution in [-0.4, -0.2) is 19.0 Å². The molecule has 0 aliphatic rings. The Morgan fingerprint density at radius 2 is 1.93 bits per heavy atom. The molecule has 80 valence electrons. The highest BCUT2D eigenvalue weighted by Gasteiger charge is 2.10. The highest BCUT2D eigenvalue weighted by molar-refractivity contribution is 5.11. The Hall–Kier alpha value is -0.970. The zero-order chi connectivity index (χ0) is 11.2. The third-order valence-corrected chi connectivity index (χ3v) is 2.17. The van der Waals surface area contributed by atoms with Crippen molar-refractivity contribution in [1.82, 2.24) is 4.90 Å². The van der Waals surface area contributed by atoms with Gasteiger partial charge in [-0.2, -0.15) is 5.26 Å². The molecular formula is C12H22N2. The molecule has 0 fully saturated rings. The molecular weight excluding hydrogens is 172 g/mol. The van der Waals surface area contributed by atoms with Gasteiger partial charge in [-0.3, -0.25) is 0 Å². The van der Waals surface area contributed by atoms with Crippen LogP contribution in [0.5, 0.6) is 0 Å². The summed E-state index contributed by atoms with van der Waals surface area (Å²) in [5, 5.41) is 8.59. The lowest BCUT2D eigenvalue weighted by atomic mass is 9.89. The van der Waals surface area contributed by atoms with E-state index < -0.39 is 0 Å². The van der Waals surface area contributed by atoms with Crippen molar-refractivity contribution in [3.8, 4) is 6.07 Å². The normalized spacial score (nSPS) is 12.4. The highest BCUT2D eigenvalue weighted by atomic mass is 15.1. The van der Waals surface area contributed by atoms with Crippen LogP contribution >= 0.6 is 0 Å². The van der Waals surface area contributed by atoms with E-state index in [2.05, 4.69) is 26.8 Å². The molecule has 0 aromatic rings. The van der Waals surface area contributed by atoms with Gasteiger partial charge in [0.25, 0.3) is 0 Å². The van der Waals surface area contributed by atoms with Crippen molar-refractivity contribution in [3.05, 3.63) is 11.8 Å². The monoisotopic (exact) mass is 194 g/mol. The number of rotatable bonds is 4. The quantitative estimate of drug-likeness (QED) is 0.643. The number of hydrogen-bond donors (Lipinski definition) is 0. The largest absolute Gasteiger partial charge is 0.380 e. The van der Waals surface area contributed by atoms with Gasteiger partial charge in [0.15, 0.2) is 0 Å². The summed E-state index contributed by atoms with van der Waals surface area (Å²) in [4.78, 5) is 2.02. The summed E-state index contributed by atoms with van der Waals surface area (Å²) in [7, 11) is 3.97. The fraction of sp³-hybridized carbons (Fsp3) is 0.750. The van der Waals surface area contributed by atoms with E-state index in [0.717, 1.165) is 18.5 Å². The summed E-state index contributed by atoms with van der Waals surface area (Å²) in [5.41, 5.74) is 1.51. The minimum absolute atomic E-state index is 0.393. The second-order valence-electron chi connectivity index (χ2n) is 5.07. The Kier molecular flexibility index (Phi) is 5.30. The maximum Gasteiger partial charge on any atom is 0.0930 e. The summed E-state index contributed by atoms with van der Waals surface area (Å²) < 4.78 is 0. The van der Waals surface area contributed by atoms with E-state index in [1.54, 1.807) is 6.08 Å². The maximum absolute atomic E-state index is 8.59. The SMILES string of the molecule is CN(C)/C(=C\C#N)CCCC(C)(C)C. The minimum Gasteiger partial charge on any atom is -0.380 e. The van der Waals surface area contributed by atoms with Gasteiger partial charge in [0.2, 0.25) is 0 Å². The van der Waals surface area contributed by atoms with E-state index in [1.807, 2.05) is 19.0 Å². The van der Waals surface area contributed by atoms with Gasteiger partial charge in [-0.25, -0.2) is 0 Å². The first-order chi connectivity index (χ1) is 6.37. The fourth-order valence-electron chi connectivity index (χ4n) is 1.30. The first-order valence-electron chi connectivity index (χ1n) is 5.13. The van der Waals surface area contributed by atoms with Crippen molar-refractivity contribution in [2.45, 2.75) is 40.0 Å². The Morgan fingerprint density at radius 3 is 2.29 bits per heavy atom. The van der Waals surface area contributed by atoms with Gasteiger partial charge in [-0.05, 0) is 24.7 Å². The molecule has 0 spiro atoms. The lowest BCUT2D eigenvalue weighted by molar-refractivity contribution is 0.356. The van der Waals surface area contributed by atoms with E-state index in [0.29, 0.717) is 5.41 Å². The molecule has 2 heteroatoms. The lowest BCUT2D eigenvalue weighted by Crippen LogP contribution is -2.12. The van der Waals surface area contributed by atoms with Crippen LogP contribution in [0.3, 0.4) is 0 Å². The van der Waals surface area contributed by atoms with Gasteiger partial charge in [0.1, 0.15) is 0 Å². The standard InChI is InChI=1S/C12H22N2/c1-12(2,3)9-6-7-11(8-10-13)14(4)5/h8H,6-7,9H2,1-5H3/b11-8-. The average molecular weight is 194 g/mol. The molecule has 0 saturated heterocycles. The van der Waals surface area contributed by atoms with Crippen LogP contribution in [0.25, 0.3) is 0 Å². The molecule has 0 atom stereocenters. The summed E-state index contributed by atoms with van der Waals surface area (Å²) in [5.74, 6) is 0. The molecule has 0 unspecified atom stereocenters. The molecule has 0 N–H and O–H groups in total. The predicted molar refractivity (Wildman–Crippen MR) is 60.7 cm³/mol. The van der Waals surface area contributed by atoms with Gasteiger partial charge >= 0.3 is 0 Å². The molecule has 14 heavy (non-hydrogen) atoms. The molecule has 0 amide bonds. The van der Waals surface area contributed by atoms with Crippen molar-refractivity contribution >= 4 is 0 Å². The molecule has 0 heterocycles. The number of nitriles is 1. The van der Waals surface area contributed by atoms with E-state index in [-0.39, 0.29) is 0 Å². The van der Waals surface area contributed by atoms with Crippen molar-refractivity contribution in [1.29, 1.82) is 5.26 Å². The summed E-state index contributed by atoms with van der Waals surface area (Å²) in [6.07, 6.45) is 4.99. The van der Waals surface area contributed by atoms with Gasteiger partial charge in [0, 0.05) is 25.9 Å². The Labute approximate surface area is 88.2 Å². The van der Waals surface area contributed by atoms with Gasteiger partial charge < -0.3 is 4.90 Å². The van der Waals surface area contributed by atoms with Gasteiger partial charge in [-0.15, -0.1) is 0 Å². The van der Waals surface area contributed by atoms with Crippen LogP contribution in [0.2, 0.25) is 0 Å². The molecule has 0 rings (SSSR count). The molecule has 0 saturated carbocycles. The number of hydrogen-bond acceptors (Lipinski definition) is 2. The second-order valence-corrected chi connectivity index (χ2v) is 5.07. The smallest absolute Gasteiger partial charge is 0.0930 e. The van der Waals surface area contributed by atoms with Crippen molar-refractivity contribution in [2.24, 2.45) is 5.41 Å². The van der Waals surface area contributed by atoms with Gasteiger partial charge in [-0.1, -0.05) is 20.8 Å². The Morgan fingerprint density at radius 1 is 1.36 bits per heavy atom. The Balaban J connectivity index is 3.99. The first kappa shape index (κ1) is 13.0. The first-order valence-corrected chi connectivity index (χ1v) is 5.13. The topological polar surface area (TPSA) is 27.0 Å². The predicted octanol–water partition coefficient (Wildman–Crippen LogP) is 3.17. The van der Waals surface area contributed by atoms with Crippen LogP contribution in [0, 0.1) is 16.7 Å². The molecule has 2 nitrogen and oxygen atoms in total. The summed E-state index contributed by atoms with van der Waals surface area (Å²) in [6.45, 7) is 6.74. The maximum atomic E-state index is 8.59. The molecule has 0 aliphatic heterocycles.